The Kier molecular flexibility index (Phi) is 4.83. The second-order valence-electron chi connectivity index (χ2n) is 6.93. The van der Waals surface area contributed by atoms with Gasteiger partial charge in [-0.2, -0.15) is 0 Å². The van der Waals surface area contributed by atoms with Crippen molar-refractivity contribution < 1.29 is 9.47 Å². The number of rotatable bonds is 6. The van der Waals surface area contributed by atoms with Crippen molar-refractivity contribution in [2.75, 3.05) is 33.4 Å². The largest absolute Gasteiger partial charge is 0.496 e. The van der Waals surface area contributed by atoms with E-state index >= 15 is 0 Å². The van der Waals surface area contributed by atoms with Crippen LogP contribution in [0.2, 0.25) is 0 Å². The number of likely N-dealkylation sites (tertiary alicyclic amines) is 1. The van der Waals surface area contributed by atoms with E-state index in [-0.39, 0.29) is 0 Å². The molecule has 1 saturated heterocycles. The molecule has 132 valence electrons. The summed E-state index contributed by atoms with van der Waals surface area (Å²) in [5.74, 6) is 4.02. The highest BCUT2D eigenvalue weighted by molar-refractivity contribution is 5.49. The van der Waals surface area contributed by atoms with Crippen LogP contribution >= 0.6 is 0 Å². The van der Waals surface area contributed by atoms with E-state index in [1.807, 2.05) is 30.6 Å². The van der Waals surface area contributed by atoms with E-state index in [0.717, 1.165) is 56.4 Å². The van der Waals surface area contributed by atoms with Gasteiger partial charge in [0.2, 0.25) is 0 Å². The molecule has 2 aromatic rings. The lowest BCUT2D eigenvalue weighted by atomic mass is 9.86. The number of aromatic nitrogens is 2. The van der Waals surface area contributed by atoms with E-state index in [4.69, 9.17) is 9.47 Å². The lowest BCUT2D eigenvalue weighted by Crippen LogP contribution is -2.25. The van der Waals surface area contributed by atoms with Gasteiger partial charge in [-0.3, -0.25) is 0 Å². The molecule has 0 unspecified atom stereocenters. The number of benzene rings is 1. The molecule has 3 heterocycles. The molecule has 5 nitrogen and oxygen atoms in total. The average Bonchev–Trinajstić information content (AvgIpc) is 3.08. The van der Waals surface area contributed by atoms with Crippen LogP contribution < -0.4 is 9.47 Å². The van der Waals surface area contributed by atoms with Gasteiger partial charge in [-0.1, -0.05) is 6.07 Å². The maximum absolute atomic E-state index is 5.99. The predicted molar refractivity (Wildman–Crippen MR) is 96.1 cm³/mol. The van der Waals surface area contributed by atoms with Crippen molar-refractivity contribution >= 4 is 0 Å². The predicted octanol–water partition coefficient (Wildman–Crippen LogP) is 2.92. The third-order valence-corrected chi connectivity index (χ3v) is 5.33. The van der Waals surface area contributed by atoms with E-state index in [9.17, 15) is 0 Å². The lowest BCUT2D eigenvalue weighted by molar-refractivity contribution is 0.209. The molecule has 0 aliphatic carbocycles. The van der Waals surface area contributed by atoms with E-state index in [2.05, 4.69) is 20.9 Å². The normalized spacial score (nSPS) is 22.1. The summed E-state index contributed by atoms with van der Waals surface area (Å²) < 4.78 is 11.6. The number of fused-ring (bicyclic) bond motifs is 3. The summed E-state index contributed by atoms with van der Waals surface area (Å²) in [6.07, 6.45) is 6.90. The van der Waals surface area contributed by atoms with Crippen molar-refractivity contribution in [3.63, 3.8) is 0 Å². The van der Waals surface area contributed by atoms with Gasteiger partial charge in [-0.25, -0.2) is 9.97 Å². The minimum atomic E-state index is 0.525. The summed E-state index contributed by atoms with van der Waals surface area (Å²) in [6.45, 7) is 4.16. The first-order valence-corrected chi connectivity index (χ1v) is 9.13. The van der Waals surface area contributed by atoms with Crippen molar-refractivity contribution in [2.45, 2.75) is 25.2 Å². The van der Waals surface area contributed by atoms with Crippen LogP contribution in [0.1, 0.15) is 30.1 Å². The maximum atomic E-state index is 5.99. The van der Waals surface area contributed by atoms with Crippen molar-refractivity contribution in [3.8, 4) is 11.5 Å². The first-order chi connectivity index (χ1) is 12.3. The number of aryl methyl sites for hydroxylation is 1. The summed E-state index contributed by atoms with van der Waals surface area (Å²) in [4.78, 5) is 11.2. The van der Waals surface area contributed by atoms with Crippen LogP contribution in [-0.2, 0) is 6.42 Å². The number of hydrogen-bond acceptors (Lipinski definition) is 5. The Hall–Kier alpha value is -2.14. The van der Waals surface area contributed by atoms with Gasteiger partial charge in [0, 0.05) is 49.3 Å². The number of ether oxygens (including phenoxy) is 2. The number of methoxy groups -OCH3 is 1. The molecule has 0 saturated carbocycles. The molecule has 2 aliphatic heterocycles. The number of unbranched alkanes of at least 4 members (excludes halogenated alkanes) is 1. The molecule has 1 fully saturated rings. The van der Waals surface area contributed by atoms with Crippen LogP contribution in [0.4, 0.5) is 0 Å². The summed E-state index contributed by atoms with van der Waals surface area (Å²) in [5.41, 5.74) is 1.27. The molecule has 1 aromatic carbocycles. The van der Waals surface area contributed by atoms with Crippen molar-refractivity contribution in [1.29, 1.82) is 0 Å². The molecule has 25 heavy (non-hydrogen) atoms. The zero-order valence-corrected chi connectivity index (χ0v) is 14.7. The Morgan fingerprint density at radius 1 is 1.16 bits per heavy atom. The van der Waals surface area contributed by atoms with Crippen molar-refractivity contribution in [3.05, 3.63) is 48.0 Å². The van der Waals surface area contributed by atoms with Crippen LogP contribution in [0, 0.1) is 5.92 Å². The molecule has 5 heteroatoms. The molecule has 0 radical (unpaired) electrons. The Labute approximate surface area is 149 Å². The molecular formula is C20H25N3O2. The summed E-state index contributed by atoms with van der Waals surface area (Å²) in [5, 5.41) is 0. The Morgan fingerprint density at radius 3 is 2.88 bits per heavy atom. The van der Waals surface area contributed by atoms with Crippen LogP contribution in [0.15, 0.2) is 36.7 Å². The molecule has 2 aliphatic rings. The van der Waals surface area contributed by atoms with Crippen LogP contribution in [-0.4, -0.2) is 48.2 Å². The van der Waals surface area contributed by atoms with E-state index in [1.165, 1.54) is 12.0 Å². The molecule has 1 aromatic heterocycles. The van der Waals surface area contributed by atoms with Gasteiger partial charge < -0.3 is 14.4 Å². The highest BCUT2D eigenvalue weighted by Gasteiger charge is 2.40. The van der Waals surface area contributed by atoms with Crippen LogP contribution in [0.5, 0.6) is 11.5 Å². The third-order valence-electron chi connectivity index (χ3n) is 5.33. The lowest BCUT2D eigenvalue weighted by Gasteiger charge is -2.29. The Bertz CT molecular complexity index is 693. The van der Waals surface area contributed by atoms with Gasteiger partial charge in [-0.15, -0.1) is 0 Å². The molecule has 4 rings (SSSR count). The fraction of sp³-hybridized carbons (Fsp3) is 0.500. The Morgan fingerprint density at radius 2 is 2.04 bits per heavy atom. The molecule has 0 bridgehead atoms. The number of hydrogen-bond donors (Lipinski definition) is 0. The monoisotopic (exact) mass is 339 g/mol. The van der Waals surface area contributed by atoms with E-state index in [0.29, 0.717) is 11.8 Å². The zero-order valence-electron chi connectivity index (χ0n) is 14.7. The molecule has 0 amide bonds. The topological polar surface area (TPSA) is 47.5 Å². The highest BCUT2D eigenvalue weighted by atomic mass is 16.5. The fourth-order valence-corrected chi connectivity index (χ4v) is 4.11. The van der Waals surface area contributed by atoms with Crippen molar-refractivity contribution in [1.82, 2.24) is 14.9 Å². The first kappa shape index (κ1) is 16.3. The fourth-order valence-electron chi connectivity index (χ4n) is 4.11. The minimum Gasteiger partial charge on any atom is -0.496 e. The Balaban J connectivity index is 1.33. The van der Waals surface area contributed by atoms with Gasteiger partial charge in [0.05, 0.1) is 13.7 Å². The maximum Gasteiger partial charge on any atom is 0.128 e. The molecule has 0 N–H and O–H groups in total. The second kappa shape index (κ2) is 7.40. The molecule has 0 spiro atoms. The molecular weight excluding hydrogens is 314 g/mol. The van der Waals surface area contributed by atoms with Gasteiger partial charge in [-0.05, 0) is 37.6 Å². The standard InChI is InChI=1S/C20H25N3O2/c1-24-17-6-4-7-18-20(17)16-13-23(12-15(16)14-25-18)11-3-2-8-19-21-9-5-10-22-19/h4-7,9-10,15-16H,2-3,8,11-14H2,1H3/t15-,16+/m0/s1. The minimum absolute atomic E-state index is 0.525. The van der Waals surface area contributed by atoms with Gasteiger partial charge in [0.15, 0.2) is 0 Å². The van der Waals surface area contributed by atoms with E-state index < -0.39 is 0 Å². The average molecular weight is 339 g/mol. The highest BCUT2D eigenvalue weighted by Crippen LogP contribution is 2.45. The SMILES string of the molecule is COc1cccc2c1[C@@H]1CN(CCCCc3ncccn3)C[C@H]1CO2. The molecule has 2 atom stereocenters. The zero-order chi connectivity index (χ0) is 17.1. The van der Waals surface area contributed by atoms with Gasteiger partial charge in [0.25, 0.3) is 0 Å². The third kappa shape index (κ3) is 3.47. The first-order valence-electron chi connectivity index (χ1n) is 9.13. The second-order valence-corrected chi connectivity index (χ2v) is 6.93. The van der Waals surface area contributed by atoms with Crippen molar-refractivity contribution in [2.24, 2.45) is 5.92 Å². The van der Waals surface area contributed by atoms with Crippen LogP contribution in [0.25, 0.3) is 0 Å². The number of nitrogens with zero attached hydrogens (tertiary/aromatic N) is 3. The van der Waals surface area contributed by atoms with Gasteiger partial charge in [0.1, 0.15) is 17.3 Å². The summed E-state index contributed by atoms with van der Waals surface area (Å²) in [6, 6.07) is 7.99. The summed E-state index contributed by atoms with van der Waals surface area (Å²) >= 11 is 0. The quantitative estimate of drug-likeness (QED) is 0.757. The smallest absolute Gasteiger partial charge is 0.128 e. The van der Waals surface area contributed by atoms with E-state index in [1.54, 1.807) is 7.11 Å². The van der Waals surface area contributed by atoms with Gasteiger partial charge >= 0.3 is 0 Å². The van der Waals surface area contributed by atoms with Crippen LogP contribution in [0.3, 0.4) is 0 Å². The summed E-state index contributed by atoms with van der Waals surface area (Å²) in [7, 11) is 1.75.